The Morgan fingerprint density at radius 2 is 2.00 bits per heavy atom. The van der Waals surface area contributed by atoms with Gasteiger partial charge >= 0.3 is 6.03 Å². The van der Waals surface area contributed by atoms with E-state index in [1.165, 1.54) is 18.2 Å². The third-order valence-electron chi connectivity index (χ3n) is 4.00. The average molecular weight is 337 g/mol. The van der Waals surface area contributed by atoms with Gasteiger partial charge in [-0.1, -0.05) is 12.8 Å². The number of amides is 3. The van der Waals surface area contributed by atoms with E-state index >= 15 is 0 Å². The van der Waals surface area contributed by atoms with Crippen LogP contribution in [0.4, 0.5) is 14.9 Å². The Labute approximate surface area is 140 Å². The van der Waals surface area contributed by atoms with E-state index in [9.17, 15) is 14.0 Å². The van der Waals surface area contributed by atoms with E-state index in [4.69, 9.17) is 10.5 Å². The highest BCUT2D eigenvalue weighted by Crippen LogP contribution is 2.27. The van der Waals surface area contributed by atoms with Crippen LogP contribution in [0.25, 0.3) is 0 Å². The Hall–Kier alpha value is -2.31. The molecule has 1 aliphatic rings. The summed E-state index contributed by atoms with van der Waals surface area (Å²) in [7, 11) is 0. The third kappa shape index (κ3) is 4.84. The van der Waals surface area contributed by atoms with Gasteiger partial charge in [-0.05, 0) is 38.8 Å². The van der Waals surface area contributed by atoms with Gasteiger partial charge in [-0.2, -0.15) is 0 Å². The van der Waals surface area contributed by atoms with Gasteiger partial charge in [0.2, 0.25) is 5.91 Å². The number of hydrogen-bond donors (Lipinski definition) is 3. The number of nitrogens with two attached hydrogens (primary N) is 1. The van der Waals surface area contributed by atoms with Crippen molar-refractivity contribution in [3.63, 3.8) is 0 Å². The van der Waals surface area contributed by atoms with Crippen LogP contribution < -0.4 is 21.1 Å². The smallest absolute Gasteiger partial charge is 0.319 e. The molecule has 2 atom stereocenters. The van der Waals surface area contributed by atoms with Crippen molar-refractivity contribution in [2.75, 3.05) is 5.32 Å². The van der Waals surface area contributed by atoms with Gasteiger partial charge in [0.15, 0.2) is 0 Å². The molecule has 2 rings (SSSR count). The predicted octanol–water partition coefficient (Wildman–Crippen LogP) is 2.78. The van der Waals surface area contributed by atoms with Gasteiger partial charge in [-0.25, -0.2) is 9.18 Å². The molecule has 3 amide bonds. The Balaban J connectivity index is 2.06. The molecule has 0 heterocycles. The van der Waals surface area contributed by atoms with Crippen molar-refractivity contribution in [2.24, 2.45) is 11.7 Å². The molecule has 0 spiro atoms. The lowest BCUT2D eigenvalue weighted by Crippen LogP contribution is -2.48. The number of carbonyl (C=O) groups is 2. The summed E-state index contributed by atoms with van der Waals surface area (Å²) in [6.07, 6.45) is 3.10. The zero-order valence-electron chi connectivity index (χ0n) is 14.0. The first-order valence-electron chi connectivity index (χ1n) is 8.20. The molecule has 1 aliphatic carbocycles. The molecule has 132 valence electrons. The molecular weight excluding hydrogens is 313 g/mol. The van der Waals surface area contributed by atoms with Crippen LogP contribution in [0.15, 0.2) is 18.2 Å². The molecule has 4 N–H and O–H groups in total. The van der Waals surface area contributed by atoms with Gasteiger partial charge in [0.25, 0.3) is 0 Å². The van der Waals surface area contributed by atoms with Crippen molar-refractivity contribution in [2.45, 2.75) is 51.7 Å². The van der Waals surface area contributed by atoms with Crippen LogP contribution in [0.3, 0.4) is 0 Å². The van der Waals surface area contributed by atoms with Crippen molar-refractivity contribution in [3.8, 4) is 5.75 Å². The molecule has 24 heavy (non-hydrogen) atoms. The van der Waals surface area contributed by atoms with Crippen LogP contribution in [0.2, 0.25) is 0 Å². The number of urea groups is 1. The Morgan fingerprint density at radius 3 is 2.67 bits per heavy atom. The molecule has 1 saturated carbocycles. The summed E-state index contributed by atoms with van der Waals surface area (Å²) in [5.41, 5.74) is 5.65. The second-order valence-corrected chi connectivity index (χ2v) is 6.31. The van der Waals surface area contributed by atoms with Crippen LogP contribution in [-0.2, 0) is 4.79 Å². The van der Waals surface area contributed by atoms with Crippen LogP contribution >= 0.6 is 0 Å². The standard InChI is InChI=1S/C17H24FN3O3/c1-10(2)24-15-8-7-11(18)9-14(15)21-17(23)20-13-6-4-3-5-12(13)16(19)22/h7-10,12-13H,3-6H2,1-2H3,(H2,19,22)(H2,20,21,23)/t12-,13+/m0/s1. The van der Waals surface area contributed by atoms with Crippen molar-refractivity contribution in [1.29, 1.82) is 0 Å². The van der Waals surface area contributed by atoms with Gasteiger partial charge in [0.05, 0.1) is 17.7 Å². The Bertz CT molecular complexity index is 607. The van der Waals surface area contributed by atoms with E-state index in [-0.39, 0.29) is 23.8 Å². The van der Waals surface area contributed by atoms with E-state index in [0.29, 0.717) is 18.6 Å². The number of nitrogens with one attached hydrogen (secondary N) is 2. The second-order valence-electron chi connectivity index (χ2n) is 6.31. The monoisotopic (exact) mass is 337 g/mol. The number of halogens is 1. The van der Waals surface area contributed by atoms with Crippen LogP contribution in [-0.4, -0.2) is 24.1 Å². The molecule has 0 saturated heterocycles. The largest absolute Gasteiger partial charge is 0.489 e. The summed E-state index contributed by atoms with van der Waals surface area (Å²) in [5.74, 6) is -0.872. The predicted molar refractivity (Wildman–Crippen MR) is 89.3 cm³/mol. The van der Waals surface area contributed by atoms with Gasteiger partial charge in [0, 0.05) is 12.1 Å². The molecule has 1 aromatic carbocycles. The van der Waals surface area contributed by atoms with Gasteiger partial charge in [-0.3, -0.25) is 4.79 Å². The first-order valence-corrected chi connectivity index (χ1v) is 8.20. The maximum atomic E-state index is 13.5. The van der Waals surface area contributed by atoms with Crippen molar-refractivity contribution >= 4 is 17.6 Å². The summed E-state index contributed by atoms with van der Waals surface area (Å²) < 4.78 is 19.0. The van der Waals surface area contributed by atoms with E-state index in [0.717, 1.165) is 12.8 Å². The number of hydrogen-bond acceptors (Lipinski definition) is 3. The Kier molecular flexibility index (Phi) is 6.00. The van der Waals surface area contributed by atoms with Crippen LogP contribution in [0.5, 0.6) is 5.75 Å². The number of benzene rings is 1. The lowest BCUT2D eigenvalue weighted by Gasteiger charge is -2.30. The Morgan fingerprint density at radius 1 is 1.29 bits per heavy atom. The summed E-state index contributed by atoms with van der Waals surface area (Å²) in [6.45, 7) is 3.68. The van der Waals surface area contributed by atoms with E-state index in [2.05, 4.69) is 10.6 Å². The number of anilines is 1. The SMILES string of the molecule is CC(C)Oc1ccc(F)cc1NC(=O)N[C@@H]1CCCC[C@@H]1C(N)=O. The normalized spacial score (nSPS) is 20.5. The fourth-order valence-electron chi connectivity index (χ4n) is 2.93. The molecular formula is C17H24FN3O3. The van der Waals surface area contributed by atoms with E-state index in [1.54, 1.807) is 0 Å². The minimum atomic E-state index is -0.507. The molecule has 0 radical (unpaired) electrons. The van der Waals surface area contributed by atoms with Crippen LogP contribution in [0.1, 0.15) is 39.5 Å². The average Bonchev–Trinajstić information content (AvgIpc) is 2.50. The summed E-state index contributed by atoms with van der Waals surface area (Å²) >= 11 is 0. The van der Waals surface area contributed by atoms with Gasteiger partial charge < -0.3 is 21.1 Å². The maximum absolute atomic E-state index is 13.5. The fraction of sp³-hybridized carbons (Fsp3) is 0.529. The number of primary amides is 1. The molecule has 0 aromatic heterocycles. The first-order chi connectivity index (χ1) is 11.4. The minimum Gasteiger partial charge on any atom is -0.489 e. The summed E-state index contributed by atoms with van der Waals surface area (Å²) in [6, 6.07) is 3.12. The molecule has 0 aliphatic heterocycles. The molecule has 0 bridgehead atoms. The number of rotatable bonds is 5. The number of carbonyl (C=O) groups excluding carboxylic acids is 2. The molecule has 7 heteroatoms. The first kappa shape index (κ1) is 18.0. The van der Waals surface area contributed by atoms with Gasteiger partial charge in [0.1, 0.15) is 11.6 Å². The molecule has 0 unspecified atom stereocenters. The van der Waals surface area contributed by atoms with Crippen LogP contribution in [0, 0.1) is 11.7 Å². The van der Waals surface area contributed by atoms with Crippen molar-refractivity contribution in [1.82, 2.24) is 5.32 Å². The summed E-state index contributed by atoms with van der Waals surface area (Å²) in [4.78, 5) is 23.8. The molecule has 6 nitrogen and oxygen atoms in total. The van der Waals surface area contributed by atoms with Gasteiger partial charge in [-0.15, -0.1) is 0 Å². The number of ether oxygens (including phenoxy) is 1. The zero-order chi connectivity index (χ0) is 17.7. The fourth-order valence-corrected chi connectivity index (χ4v) is 2.93. The molecule has 1 aromatic rings. The minimum absolute atomic E-state index is 0.114. The van der Waals surface area contributed by atoms with E-state index < -0.39 is 17.8 Å². The molecule has 1 fully saturated rings. The zero-order valence-corrected chi connectivity index (χ0v) is 14.0. The quantitative estimate of drug-likeness (QED) is 0.771. The lowest BCUT2D eigenvalue weighted by atomic mass is 9.84. The highest BCUT2D eigenvalue weighted by molar-refractivity contribution is 5.91. The highest BCUT2D eigenvalue weighted by Gasteiger charge is 2.30. The highest BCUT2D eigenvalue weighted by atomic mass is 19.1. The lowest BCUT2D eigenvalue weighted by molar-refractivity contribution is -0.123. The third-order valence-corrected chi connectivity index (χ3v) is 4.00. The van der Waals surface area contributed by atoms with Crippen molar-refractivity contribution < 1.29 is 18.7 Å². The summed E-state index contributed by atoms with van der Waals surface area (Å²) in [5, 5.41) is 5.37. The second kappa shape index (κ2) is 7.99. The van der Waals surface area contributed by atoms with Crippen molar-refractivity contribution in [3.05, 3.63) is 24.0 Å². The topological polar surface area (TPSA) is 93.4 Å². The van der Waals surface area contributed by atoms with E-state index in [1.807, 2.05) is 13.8 Å². The maximum Gasteiger partial charge on any atom is 0.319 e.